The van der Waals surface area contributed by atoms with Gasteiger partial charge in [-0.2, -0.15) is 0 Å². The first-order chi connectivity index (χ1) is 13.6. The Balaban J connectivity index is 1.40. The van der Waals surface area contributed by atoms with Crippen molar-refractivity contribution in [3.8, 4) is 16.9 Å². The SMILES string of the molecule is CCCc1cc(C(=O)NCC2Cc3cc(-c4cccnc4)cc(F)c3O2)no1. The molecule has 2 aromatic heterocycles. The second kappa shape index (κ2) is 7.80. The number of hydrogen-bond donors (Lipinski definition) is 1. The molecule has 0 fully saturated rings. The lowest BCUT2D eigenvalue weighted by molar-refractivity contribution is 0.0923. The Morgan fingerprint density at radius 2 is 2.21 bits per heavy atom. The fourth-order valence-electron chi connectivity index (χ4n) is 3.28. The van der Waals surface area contributed by atoms with E-state index in [0.717, 1.165) is 29.5 Å². The summed E-state index contributed by atoms with van der Waals surface area (Å²) in [4.78, 5) is 16.3. The molecule has 144 valence electrons. The number of aromatic nitrogens is 2. The number of amides is 1. The maximum Gasteiger partial charge on any atom is 0.273 e. The number of benzene rings is 1. The summed E-state index contributed by atoms with van der Waals surface area (Å²) in [5, 5.41) is 6.56. The summed E-state index contributed by atoms with van der Waals surface area (Å²) in [6, 6.07) is 8.69. The third kappa shape index (κ3) is 3.74. The number of hydrogen-bond acceptors (Lipinski definition) is 5. The molecule has 0 spiro atoms. The van der Waals surface area contributed by atoms with Crippen molar-refractivity contribution >= 4 is 5.91 Å². The Morgan fingerprint density at radius 3 is 3.00 bits per heavy atom. The minimum Gasteiger partial charge on any atom is -0.485 e. The molecule has 0 saturated heterocycles. The van der Waals surface area contributed by atoms with Gasteiger partial charge >= 0.3 is 0 Å². The number of nitrogens with zero attached hydrogens (tertiary/aromatic N) is 2. The minimum absolute atomic E-state index is 0.240. The van der Waals surface area contributed by atoms with Gasteiger partial charge in [0.2, 0.25) is 0 Å². The standard InChI is InChI=1S/C21H20FN3O3/c1-2-4-16-10-19(25-28-16)21(26)24-12-17-8-15-7-14(9-18(22)20(15)27-17)13-5-3-6-23-11-13/h3,5-7,9-11,17H,2,4,8,12H2,1H3,(H,24,26). The van der Waals surface area contributed by atoms with Gasteiger partial charge in [-0.3, -0.25) is 9.78 Å². The lowest BCUT2D eigenvalue weighted by Gasteiger charge is -2.11. The first-order valence-electron chi connectivity index (χ1n) is 9.27. The summed E-state index contributed by atoms with van der Waals surface area (Å²) < 4.78 is 25.3. The maximum atomic E-state index is 14.5. The molecule has 7 heteroatoms. The number of pyridine rings is 1. The predicted molar refractivity (Wildman–Crippen MR) is 101 cm³/mol. The quantitative estimate of drug-likeness (QED) is 0.706. The highest BCUT2D eigenvalue weighted by molar-refractivity contribution is 5.92. The van der Waals surface area contributed by atoms with Crippen molar-refractivity contribution in [3.63, 3.8) is 0 Å². The van der Waals surface area contributed by atoms with E-state index in [0.29, 0.717) is 12.2 Å². The summed E-state index contributed by atoms with van der Waals surface area (Å²) in [7, 11) is 0. The molecule has 1 aliphatic heterocycles. The van der Waals surface area contributed by atoms with Crippen LogP contribution >= 0.6 is 0 Å². The van der Waals surface area contributed by atoms with E-state index in [9.17, 15) is 9.18 Å². The van der Waals surface area contributed by atoms with Gasteiger partial charge in [-0.15, -0.1) is 0 Å². The second-order valence-electron chi connectivity index (χ2n) is 6.77. The Bertz CT molecular complexity index is 988. The molecule has 4 rings (SSSR count). The van der Waals surface area contributed by atoms with Crippen LogP contribution in [0.3, 0.4) is 0 Å². The largest absolute Gasteiger partial charge is 0.485 e. The highest BCUT2D eigenvalue weighted by atomic mass is 19.1. The van der Waals surface area contributed by atoms with Crippen molar-refractivity contribution in [2.75, 3.05) is 6.54 Å². The van der Waals surface area contributed by atoms with E-state index < -0.39 is 5.82 Å². The monoisotopic (exact) mass is 381 g/mol. The van der Waals surface area contributed by atoms with Crippen molar-refractivity contribution in [3.05, 3.63) is 65.6 Å². The van der Waals surface area contributed by atoms with Gasteiger partial charge < -0.3 is 14.6 Å². The molecule has 28 heavy (non-hydrogen) atoms. The summed E-state index contributed by atoms with van der Waals surface area (Å²) in [6.45, 7) is 2.28. The van der Waals surface area contributed by atoms with Crippen LogP contribution in [0.15, 0.2) is 47.2 Å². The highest BCUT2D eigenvalue weighted by Crippen LogP contribution is 2.35. The van der Waals surface area contributed by atoms with Gasteiger partial charge in [0.15, 0.2) is 17.3 Å². The molecule has 3 heterocycles. The molecule has 3 aromatic rings. The third-order valence-corrected chi connectivity index (χ3v) is 4.63. The molecule has 0 radical (unpaired) electrons. The number of fused-ring (bicyclic) bond motifs is 1. The number of rotatable bonds is 6. The number of halogens is 1. The van der Waals surface area contributed by atoms with E-state index in [-0.39, 0.29) is 30.0 Å². The van der Waals surface area contributed by atoms with Gasteiger partial charge in [0.1, 0.15) is 11.9 Å². The van der Waals surface area contributed by atoms with Crippen LogP contribution in [0.1, 0.15) is 35.2 Å². The van der Waals surface area contributed by atoms with Crippen LogP contribution < -0.4 is 10.1 Å². The van der Waals surface area contributed by atoms with Gasteiger partial charge in [-0.1, -0.05) is 18.1 Å². The first-order valence-corrected chi connectivity index (χ1v) is 9.27. The molecule has 0 aliphatic carbocycles. The normalized spacial score (nSPS) is 15.1. The Morgan fingerprint density at radius 1 is 1.32 bits per heavy atom. The lowest BCUT2D eigenvalue weighted by Crippen LogP contribution is -2.34. The molecule has 1 aromatic carbocycles. The van der Waals surface area contributed by atoms with Crippen LogP contribution in [0.5, 0.6) is 5.75 Å². The van der Waals surface area contributed by atoms with E-state index in [2.05, 4.69) is 15.5 Å². The Labute approximate surface area is 161 Å². The van der Waals surface area contributed by atoms with Crippen molar-refractivity contribution in [2.45, 2.75) is 32.3 Å². The highest BCUT2D eigenvalue weighted by Gasteiger charge is 2.27. The average molecular weight is 381 g/mol. The Kier molecular flexibility index (Phi) is 5.06. The summed E-state index contributed by atoms with van der Waals surface area (Å²) in [6.07, 6.45) is 5.20. The number of ether oxygens (including phenoxy) is 1. The molecule has 0 bridgehead atoms. The van der Waals surface area contributed by atoms with Crippen LogP contribution in [-0.2, 0) is 12.8 Å². The van der Waals surface area contributed by atoms with Crippen LogP contribution in [0.4, 0.5) is 4.39 Å². The summed E-state index contributed by atoms with van der Waals surface area (Å²) >= 11 is 0. The average Bonchev–Trinajstić information content (AvgIpc) is 3.34. The minimum atomic E-state index is -0.411. The van der Waals surface area contributed by atoms with Crippen molar-refractivity contribution in [1.29, 1.82) is 0 Å². The van der Waals surface area contributed by atoms with Crippen molar-refractivity contribution in [1.82, 2.24) is 15.5 Å². The third-order valence-electron chi connectivity index (χ3n) is 4.63. The molecule has 6 nitrogen and oxygen atoms in total. The van der Waals surface area contributed by atoms with Crippen LogP contribution in [0.2, 0.25) is 0 Å². The zero-order chi connectivity index (χ0) is 19.5. The maximum absolute atomic E-state index is 14.5. The van der Waals surface area contributed by atoms with Crippen molar-refractivity contribution in [2.24, 2.45) is 0 Å². The molecule has 1 aliphatic rings. The zero-order valence-corrected chi connectivity index (χ0v) is 15.4. The summed E-state index contributed by atoms with van der Waals surface area (Å²) in [5.74, 6) is 0.189. The van der Waals surface area contributed by atoms with Crippen molar-refractivity contribution < 1.29 is 18.4 Å². The number of carbonyl (C=O) groups is 1. The topological polar surface area (TPSA) is 77.2 Å². The van der Waals surface area contributed by atoms with E-state index in [1.807, 2.05) is 25.1 Å². The number of nitrogens with one attached hydrogen (secondary N) is 1. The summed E-state index contributed by atoms with van der Waals surface area (Å²) in [5.41, 5.74) is 2.62. The Hall–Kier alpha value is -3.22. The van der Waals surface area contributed by atoms with Crippen LogP contribution in [0, 0.1) is 5.82 Å². The van der Waals surface area contributed by atoms with Gasteiger partial charge in [0.25, 0.3) is 5.91 Å². The fourth-order valence-corrected chi connectivity index (χ4v) is 3.28. The first kappa shape index (κ1) is 18.2. The molecule has 1 atom stereocenters. The predicted octanol–water partition coefficient (Wildman–Crippen LogP) is 3.56. The van der Waals surface area contributed by atoms with E-state index in [4.69, 9.17) is 9.26 Å². The molecule has 1 amide bonds. The van der Waals surface area contributed by atoms with Gasteiger partial charge in [-0.25, -0.2) is 4.39 Å². The second-order valence-corrected chi connectivity index (χ2v) is 6.77. The van der Waals surface area contributed by atoms with Crippen LogP contribution in [0.25, 0.3) is 11.1 Å². The van der Waals surface area contributed by atoms with Gasteiger partial charge in [0, 0.05) is 42.4 Å². The molecular formula is C21H20FN3O3. The molecular weight excluding hydrogens is 361 g/mol. The van der Waals surface area contributed by atoms with Gasteiger partial charge in [-0.05, 0) is 30.2 Å². The van der Waals surface area contributed by atoms with E-state index >= 15 is 0 Å². The van der Waals surface area contributed by atoms with E-state index in [1.54, 1.807) is 18.5 Å². The number of aryl methyl sites for hydroxylation is 1. The molecule has 0 saturated carbocycles. The zero-order valence-electron chi connectivity index (χ0n) is 15.4. The van der Waals surface area contributed by atoms with Crippen LogP contribution in [-0.4, -0.2) is 28.7 Å². The van der Waals surface area contributed by atoms with E-state index in [1.165, 1.54) is 6.07 Å². The lowest BCUT2D eigenvalue weighted by atomic mass is 10.0. The van der Waals surface area contributed by atoms with Gasteiger partial charge in [0.05, 0.1) is 6.54 Å². The fraction of sp³-hybridized carbons (Fsp3) is 0.286. The smallest absolute Gasteiger partial charge is 0.273 e. The number of carbonyl (C=O) groups excluding carboxylic acids is 1. The molecule has 1 unspecified atom stereocenters. The molecule has 1 N–H and O–H groups in total.